The topological polar surface area (TPSA) is 286 Å². The van der Waals surface area contributed by atoms with Crippen molar-refractivity contribution >= 4 is 65.0 Å². The highest BCUT2D eigenvalue weighted by Gasteiger charge is 2.41. The second kappa shape index (κ2) is 30.2. The number of anilines is 1. The lowest BCUT2D eigenvalue weighted by Crippen LogP contribution is -2.36. The van der Waals surface area contributed by atoms with Crippen molar-refractivity contribution in [3.63, 3.8) is 0 Å². The number of carbonyl (C=O) groups excluding carboxylic acids is 8. The van der Waals surface area contributed by atoms with Crippen molar-refractivity contribution in [1.29, 1.82) is 0 Å². The first-order valence-corrected chi connectivity index (χ1v) is 26.8. The summed E-state index contributed by atoms with van der Waals surface area (Å²) in [6, 6.07) is 14.4. The van der Waals surface area contributed by atoms with Crippen molar-refractivity contribution in [3.8, 4) is 5.75 Å². The number of ether oxygens (including phenoxy) is 5. The Hall–Kier alpha value is -7.00. The number of aliphatic hydroxyl groups excluding tert-OH is 3. The normalized spacial score (nSPS) is 18.9. The van der Waals surface area contributed by atoms with Crippen molar-refractivity contribution < 1.29 is 77.4 Å². The molecule has 78 heavy (non-hydrogen) atoms. The number of aliphatic hydroxyl groups is 3. The summed E-state index contributed by atoms with van der Waals surface area (Å²) in [5.74, 6) is -6.93. The van der Waals surface area contributed by atoms with Crippen LogP contribution in [0, 0.1) is 25.7 Å². The molecule has 20 nitrogen and oxygen atoms in total. The molecule has 1 aliphatic carbocycles. The molecule has 0 bridgehead atoms. The average Bonchev–Trinajstić information content (AvgIpc) is 3.98. The molecule has 2 heterocycles. The number of rotatable bonds is 29. The molecule has 5 rings (SSSR count). The van der Waals surface area contributed by atoms with E-state index < -0.39 is 91.2 Å². The molecule has 1 aliphatic heterocycles. The van der Waals surface area contributed by atoms with Gasteiger partial charge in [-0.15, -0.1) is 0 Å². The summed E-state index contributed by atoms with van der Waals surface area (Å²) in [6.45, 7) is 14.1. The van der Waals surface area contributed by atoms with E-state index in [1.807, 2.05) is 42.5 Å². The van der Waals surface area contributed by atoms with Crippen LogP contribution in [0.2, 0.25) is 0 Å². The Labute approximate surface area is 455 Å². The van der Waals surface area contributed by atoms with Crippen LogP contribution in [0.4, 0.5) is 5.69 Å². The Bertz CT molecular complexity index is 2640. The summed E-state index contributed by atoms with van der Waals surface area (Å²) in [5.41, 5.74) is 4.65. The van der Waals surface area contributed by atoms with E-state index in [0.29, 0.717) is 85.4 Å². The van der Waals surface area contributed by atoms with Gasteiger partial charge in [-0.2, -0.15) is 0 Å². The number of nitrogens with one attached hydrogen (secondary N) is 3. The van der Waals surface area contributed by atoms with Gasteiger partial charge in [-0.05, 0) is 146 Å². The molecule has 2 amide bonds. The van der Waals surface area contributed by atoms with E-state index in [2.05, 4.69) is 34.4 Å². The molecule has 424 valence electrons. The number of hydrogen-bond acceptors (Lipinski definition) is 17. The van der Waals surface area contributed by atoms with Gasteiger partial charge in [0.15, 0.2) is 18.3 Å². The molecular weight excluding hydrogens is 1010 g/mol. The van der Waals surface area contributed by atoms with Crippen molar-refractivity contribution in [1.82, 2.24) is 15.2 Å². The SMILES string of the molecule is CCN(CC)CCNC(=O)c1c(C)[nH]c(/C=C2\C(=O)Nc3ccc(OC(=O)CCC(=O)OC(C)C(=O)OC(C)C(=O)OC(C)C(=O)OC(=O)CCC/C=C\C[C@H]4[C@H](CC[C@H](O)CCc5ccccc5)[C@@H](O)C[C@H]4O)cc32)c1C. The zero-order chi connectivity index (χ0) is 57.1. The molecule has 3 aromatic rings. The molecular formula is C58H76N4O16. The number of carbonyl (C=O) groups is 8. The number of allylic oxidation sites excluding steroid dienone is 2. The molecule has 2 aromatic carbocycles. The Morgan fingerprint density at radius 1 is 0.795 bits per heavy atom. The van der Waals surface area contributed by atoms with Crippen LogP contribution < -0.4 is 15.4 Å². The van der Waals surface area contributed by atoms with Gasteiger partial charge < -0.3 is 59.5 Å². The highest BCUT2D eigenvalue weighted by Crippen LogP contribution is 2.39. The monoisotopic (exact) mass is 1080 g/mol. The van der Waals surface area contributed by atoms with Crippen molar-refractivity contribution in [2.24, 2.45) is 11.8 Å². The predicted octanol–water partition coefficient (Wildman–Crippen LogP) is 5.99. The Morgan fingerprint density at radius 3 is 2.14 bits per heavy atom. The summed E-state index contributed by atoms with van der Waals surface area (Å²) < 4.78 is 25.5. The molecule has 0 saturated heterocycles. The number of benzene rings is 2. The van der Waals surface area contributed by atoms with E-state index in [-0.39, 0.29) is 41.9 Å². The number of aryl methyl sites for hydroxylation is 2. The molecule has 1 aromatic heterocycles. The highest BCUT2D eigenvalue weighted by molar-refractivity contribution is 6.35. The number of fused-ring (bicyclic) bond motifs is 1. The molecule has 1 saturated carbocycles. The average molecular weight is 1090 g/mol. The van der Waals surface area contributed by atoms with Crippen LogP contribution in [0.3, 0.4) is 0 Å². The van der Waals surface area contributed by atoms with Crippen LogP contribution in [-0.2, 0) is 58.9 Å². The van der Waals surface area contributed by atoms with Crippen LogP contribution in [0.5, 0.6) is 5.75 Å². The molecule has 20 heteroatoms. The fraction of sp³-hybridized carbons (Fsp3) is 0.517. The quantitative estimate of drug-likeness (QED) is 0.00885. The van der Waals surface area contributed by atoms with Crippen molar-refractivity contribution in [2.75, 3.05) is 31.5 Å². The maximum atomic E-state index is 13.1. The van der Waals surface area contributed by atoms with E-state index in [4.69, 9.17) is 23.7 Å². The van der Waals surface area contributed by atoms with Gasteiger partial charge in [0.25, 0.3) is 11.8 Å². The number of hydrogen-bond donors (Lipinski definition) is 6. The third-order valence-electron chi connectivity index (χ3n) is 14.0. The first-order chi connectivity index (χ1) is 37.2. The van der Waals surface area contributed by atoms with Crippen molar-refractivity contribution in [2.45, 2.75) is 156 Å². The summed E-state index contributed by atoms with van der Waals surface area (Å²) in [6.07, 6.45) is 1.86. The molecule has 8 atom stereocenters. The van der Waals surface area contributed by atoms with Crippen LogP contribution in [0.15, 0.2) is 60.7 Å². The maximum absolute atomic E-state index is 13.1. The molecule has 0 spiro atoms. The largest absolute Gasteiger partial charge is 0.451 e. The van der Waals surface area contributed by atoms with Gasteiger partial charge in [-0.3, -0.25) is 24.0 Å². The zero-order valence-electron chi connectivity index (χ0n) is 45.7. The number of esters is 6. The number of aromatic amines is 1. The third kappa shape index (κ3) is 18.3. The number of unbranched alkanes of at least 4 members (excludes halogenated alkanes) is 1. The molecule has 2 aliphatic rings. The standard InChI is InChI=1S/C58H76N4O16/c1-8-62(9-2)30-29-59-55(70)53-34(3)47(60-35(53)4)32-45-44-31-41(24-26-46(44)61-54(45)69)77-52(68)28-27-51(67)74-36(5)56(71)75-37(6)57(72)76-38(7)58(73)78-50(66)20-16-11-10-15-19-42-43(49(65)33-48(42)64)25-23-40(63)22-21-39-17-13-12-14-18-39/h10,12-15,17-18,24,26,31-32,36-38,40,42-43,48-49,60,63-65H,8-9,11,16,19-23,25,27-30,33H2,1-7H3,(H,59,70)(H,61,69)/b15-10-,45-32-/t36?,37?,38?,40-,42+,43+,48-,49+/m1/s1. The van der Waals surface area contributed by atoms with Gasteiger partial charge >= 0.3 is 35.8 Å². The lowest BCUT2D eigenvalue weighted by atomic mass is 9.85. The van der Waals surface area contributed by atoms with Crippen LogP contribution in [0.25, 0.3) is 11.6 Å². The lowest BCUT2D eigenvalue weighted by Gasteiger charge is -2.23. The van der Waals surface area contributed by atoms with E-state index in [0.717, 1.165) is 32.0 Å². The summed E-state index contributed by atoms with van der Waals surface area (Å²) in [5, 5.41) is 37.6. The maximum Gasteiger partial charge on any atom is 0.354 e. The Kier molecular flexibility index (Phi) is 24.0. The minimum atomic E-state index is -1.56. The zero-order valence-corrected chi connectivity index (χ0v) is 45.7. The Balaban J connectivity index is 0.972. The number of likely N-dealkylation sites (N-methyl/N-ethyl adjacent to an activating group) is 1. The van der Waals surface area contributed by atoms with Gasteiger partial charge in [0.1, 0.15) is 5.75 Å². The molecule has 1 fully saturated rings. The second-order valence-corrected chi connectivity index (χ2v) is 19.8. The molecule has 3 unspecified atom stereocenters. The summed E-state index contributed by atoms with van der Waals surface area (Å²) >= 11 is 0. The number of nitrogens with zero attached hydrogens (tertiary/aromatic N) is 1. The minimum absolute atomic E-state index is 0.0867. The van der Waals surface area contributed by atoms with E-state index >= 15 is 0 Å². The highest BCUT2D eigenvalue weighted by atomic mass is 16.6. The fourth-order valence-electron chi connectivity index (χ4n) is 9.46. The van der Waals surface area contributed by atoms with E-state index in [9.17, 15) is 53.7 Å². The van der Waals surface area contributed by atoms with Gasteiger partial charge in [-0.1, -0.05) is 56.3 Å². The van der Waals surface area contributed by atoms with Crippen LogP contribution in [-0.4, -0.2) is 136 Å². The van der Waals surface area contributed by atoms with Gasteiger partial charge in [0.05, 0.1) is 42.3 Å². The van der Waals surface area contributed by atoms with Gasteiger partial charge in [-0.25, -0.2) is 14.4 Å². The second-order valence-electron chi connectivity index (χ2n) is 19.8. The molecule has 6 N–H and O–H groups in total. The van der Waals surface area contributed by atoms with Crippen molar-refractivity contribution in [3.05, 3.63) is 94.3 Å². The lowest BCUT2D eigenvalue weighted by molar-refractivity contribution is -0.183. The summed E-state index contributed by atoms with van der Waals surface area (Å²) in [7, 11) is 0. The van der Waals surface area contributed by atoms with E-state index in [1.165, 1.54) is 26.0 Å². The van der Waals surface area contributed by atoms with Gasteiger partial charge in [0, 0.05) is 42.1 Å². The Morgan fingerprint density at radius 2 is 1.45 bits per heavy atom. The number of aromatic nitrogens is 1. The third-order valence-corrected chi connectivity index (χ3v) is 14.0. The van der Waals surface area contributed by atoms with Crippen LogP contribution >= 0.6 is 0 Å². The smallest absolute Gasteiger partial charge is 0.354 e. The number of H-pyrrole nitrogens is 1. The first kappa shape index (κ1) is 61.8. The van der Waals surface area contributed by atoms with E-state index in [1.54, 1.807) is 26.0 Å². The number of amides is 2. The van der Waals surface area contributed by atoms with Crippen LogP contribution in [0.1, 0.15) is 137 Å². The summed E-state index contributed by atoms with van der Waals surface area (Å²) in [4.78, 5) is 107. The first-order valence-electron chi connectivity index (χ1n) is 26.8. The predicted molar refractivity (Wildman–Crippen MR) is 287 cm³/mol. The minimum Gasteiger partial charge on any atom is -0.451 e. The molecule has 0 radical (unpaired) electrons. The fourth-order valence-corrected chi connectivity index (χ4v) is 9.46. The van der Waals surface area contributed by atoms with Gasteiger partial charge in [0.2, 0.25) is 0 Å².